The number of nitrogens with zero attached hydrogens (tertiary/aromatic N) is 1. The molecule has 3 amide bonds. The minimum atomic E-state index is -0.879. The Balaban J connectivity index is 2.62. The third-order valence-electron chi connectivity index (χ3n) is 7.63. The van der Waals surface area contributed by atoms with E-state index < -0.39 is 23.8 Å². The standard InChI is InChI=1S/C35H53N3O4/c1-10-12-13-14-17-22-38(33(40)30(25(4)11-2)37-34(41)42-35(7,8)9)31(28-23-24(3)20-21-26(28)5)32(39)36-29-19-16-15-18-27(29)6/h15-16,18-21,23,25,30-31H,10-14,17,22H2,1-9H3,(H,36,39)(H,37,41). The lowest BCUT2D eigenvalue weighted by Gasteiger charge is -2.37. The van der Waals surface area contributed by atoms with E-state index in [0.717, 1.165) is 54.4 Å². The number of nitrogens with one attached hydrogen (secondary N) is 2. The van der Waals surface area contributed by atoms with Crippen molar-refractivity contribution in [3.8, 4) is 0 Å². The van der Waals surface area contributed by atoms with Gasteiger partial charge in [0.25, 0.3) is 5.91 Å². The van der Waals surface area contributed by atoms with Gasteiger partial charge in [-0.25, -0.2) is 4.79 Å². The molecule has 0 saturated carbocycles. The zero-order valence-electron chi connectivity index (χ0n) is 27.3. The van der Waals surface area contributed by atoms with Crippen molar-refractivity contribution in [3.63, 3.8) is 0 Å². The highest BCUT2D eigenvalue weighted by Crippen LogP contribution is 2.30. The predicted molar refractivity (Wildman–Crippen MR) is 172 cm³/mol. The number of unbranched alkanes of at least 4 members (excludes halogenated alkanes) is 4. The van der Waals surface area contributed by atoms with Crippen molar-refractivity contribution >= 4 is 23.6 Å². The molecule has 0 aliphatic rings. The number of para-hydroxylation sites is 1. The maximum atomic E-state index is 14.6. The molecule has 7 heteroatoms. The SMILES string of the molecule is CCCCCCCN(C(=O)C(NC(=O)OC(C)(C)C)C(C)CC)C(C(=O)Nc1ccccc1C)c1cc(C)ccc1C. The second kappa shape index (κ2) is 16.3. The van der Waals surface area contributed by atoms with Crippen LogP contribution in [0.4, 0.5) is 10.5 Å². The maximum Gasteiger partial charge on any atom is 0.408 e. The molecular weight excluding hydrogens is 526 g/mol. The number of benzene rings is 2. The summed E-state index contributed by atoms with van der Waals surface area (Å²) in [7, 11) is 0. The summed E-state index contributed by atoms with van der Waals surface area (Å²) in [5.41, 5.74) is 3.65. The summed E-state index contributed by atoms with van der Waals surface area (Å²) in [5, 5.41) is 5.97. The first-order chi connectivity index (χ1) is 19.8. The molecule has 0 spiro atoms. The Morgan fingerprint density at radius 2 is 1.57 bits per heavy atom. The number of hydrogen-bond donors (Lipinski definition) is 2. The summed E-state index contributed by atoms with van der Waals surface area (Å²) in [5.74, 6) is -0.733. The molecule has 232 valence electrons. The quantitative estimate of drug-likeness (QED) is 0.222. The van der Waals surface area contributed by atoms with Gasteiger partial charge < -0.3 is 20.3 Å². The summed E-state index contributed by atoms with van der Waals surface area (Å²) in [6.45, 7) is 17.8. The number of carbonyl (C=O) groups is 3. The summed E-state index contributed by atoms with van der Waals surface area (Å²) in [6, 6.07) is 11.9. The largest absolute Gasteiger partial charge is 0.444 e. The lowest BCUT2D eigenvalue weighted by molar-refractivity contribution is -0.142. The minimum absolute atomic E-state index is 0.175. The van der Waals surface area contributed by atoms with Crippen molar-refractivity contribution in [1.29, 1.82) is 0 Å². The fraction of sp³-hybridized carbons (Fsp3) is 0.571. The minimum Gasteiger partial charge on any atom is -0.444 e. The van der Waals surface area contributed by atoms with Crippen LogP contribution in [0.3, 0.4) is 0 Å². The van der Waals surface area contributed by atoms with Crippen LogP contribution < -0.4 is 10.6 Å². The number of carbonyl (C=O) groups excluding carboxylic acids is 3. The predicted octanol–water partition coefficient (Wildman–Crippen LogP) is 8.03. The van der Waals surface area contributed by atoms with Gasteiger partial charge in [-0.05, 0) is 76.6 Å². The fourth-order valence-corrected chi connectivity index (χ4v) is 4.97. The summed E-state index contributed by atoms with van der Waals surface area (Å²) in [6.07, 6.45) is 5.03. The van der Waals surface area contributed by atoms with E-state index in [4.69, 9.17) is 4.74 Å². The molecule has 0 heterocycles. The molecule has 2 N–H and O–H groups in total. The molecule has 0 aliphatic heterocycles. The first kappa shape index (κ1) is 34.8. The Morgan fingerprint density at radius 1 is 0.905 bits per heavy atom. The smallest absolute Gasteiger partial charge is 0.408 e. The molecule has 2 aromatic carbocycles. The third kappa shape index (κ3) is 10.5. The van der Waals surface area contributed by atoms with Crippen molar-refractivity contribution in [3.05, 3.63) is 64.7 Å². The monoisotopic (exact) mass is 579 g/mol. The molecule has 3 unspecified atom stereocenters. The Morgan fingerprint density at radius 3 is 2.19 bits per heavy atom. The number of amides is 3. The van der Waals surface area contributed by atoms with Crippen LogP contribution in [0.2, 0.25) is 0 Å². The van der Waals surface area contributed by atoms with Gasteiger partial charge in [-0.15, -0.1) is 0 Å². The first-order valence-corrected chi connectivity index (χ1v) is 15.5. The van der Waals surface area contributed by atoms with Gasteiger partial charge in [-0.3, -0.25) is 9.59 Å². The molecule has 0 aliphatic carbocycles. The molecule has 0 saturated heterocycles. The number of aryl methyl sites for hydroxylation is 3. The van der Waals surface area contributed by atoms with Crippen molar-refractivity contribution < 1.29 is 19.1 Å². The Kier molecular flexibility index (Phi) is 13.5. The Labute approximate surface area is 253 Å². The van der Waals surface area contributed by atoms with Crippen LogP contribution in [-0.4, -0.2) is 41.0 Å². The van der Waals surface area contributed by atoms with Gasteiger partial charge in [0.15, 0.2) is 0 Å². The number of anilines is 1. The average Bonchev–Trinajstić information content (AvgIpc) is 2.92. The van der Waals surface area contributed by atoms with Crippen molar-refractivity contribution in [1.82, 2.24) is 10.2 Å². The van der Waals surface area contributed by atoms with Crippen LogP contribution in [0.5, 0.6) is 0 Å². The van der Waals surface area contributed by atoms with Crippen molar-refractivity contribution in [2.24, 2.45) is 5.92 Å². The molecule has 7 nitrogen and oxygen atoms in total. The molecule has 42 heavy (non-hydrogen) atoms. The van der Waals surface area contributed by atoms with Gasteiger partial charge >= 0.3 is 6.09 Å². The Hall–Kier alpha value is -3.35. The van der Waals surface area contributed by atoms with Gasteiger partial charge in [0.05, 0.1) is 0 Å². The fourth-order valence-electron chi connectivity index (χ4n) is 4.97. The first-order valence-electron chi connectivity index (χ1n) is 15.5. The van der Waals surface area contributed by atoms with Gasteiger partial charge in [-0.1, -0.05) is 94.8 Å². The van der Waals surface area contributed by atoms with Crippen LogP contribution in [0.1, 0.15) is 108 Å². The molecule has 2 rings (SSSR count). The Bertz CT molecular complexity index is 1190. The van der Waals surface area contributed by atoms with Gasteiger partial charge in [0.1, 0.15) is 17.7 Å². The summed E-state index contributed by atoms with van der Waals surface area (Å²) >= 11 is 0. The van der Waals surface area contributed by atoms with Crippen molar-refractivity contribution in [2.75, 3.05) is 11.9 Å². The van der Waals surface area contributed by atoms with E-state index in [2.05, 4.69) is 17.6 Å². The number of alkyl carbamates (subject to hydrolysis) is 1. The lowest BCUT2D eigenvalue weighted by Crippen LogP contribution is -2.55. The highest BCUT2D eigenvalue weighted by Gasteiger charge is 2.38. The molecule has 0 aromatic heterocycles. The van der Waals surface area contributed by atoms with Gasteiger partial charge in [0.2, 0.25) is 5.91 Å². The topological polar surface area (TPSA) is 87.7 Å². The van der Waals surface area contributed by atoms with E-state index in [1.54, 1.807) is 25.7 Å². The van der Waals surface area contributed by atoms with E-state index in [1.165, 1.54) is 0 Å². The summed E-state index contributed by atoms with van der Waals surface area (Å²) in [4.78, 5) is 43.4. The molecular formula is C35H53N3O4. The maximum absolute atomic E-state index is 14.6. The van der Waals surface area contributed by atoms with Crippen LogP contribution >= 0.6 is 0 Å². The van der Waals surface area contributed by atoms with E-state index in [9.17, 15) is 14.4 Å². The van der Waals surface area contributed by atoms with Gasteiger partial charge in [0, 0.05) is 12.2 Å². The second-order valence-electron chi connectivity index (χ2n) is 12.5. The molecule has 3 atom stereocenters. The number of rotatable bonds is 14. The molecule has 0 bridgehead atoms. The highest BCUT2D eigenvalue weighted by atomic mass is 16.6. The highest BCUT2D eigenvalue weighted by molar-refractivity contribution is 5.99. The molecule has 2 aromatic rings. The van der Waals surface area contributed by atoms with E-state index >= 15 is 0 Å². The number of hydrogen-bond acceptors (Lipinski definition) is 4. The zero-order chi connectivity index (χ0) is 31.4. The average molecular weight is 580 g/mol. The molecule has 0 radical (unpaired) electrons. The number of ether oxygens (including phenoxy) is 1. The molecule has 0 fully saturated rings. The van der Waals surface area contributed by atoms with Crippen LogP contribution in [0.25, 0.3) is 0 Å². The van der Waals surface area contributed by atoms with Crippen LogP contribution in [0.15, 0.2) is 42.5 Å². The zero-order valence-corrected chi connectivity index (χ0v) is 27.3. The van der Waals surface area contributed by atoms with Crippen molar-refractivity contribution in [2.45, 2.75) is 119 Å². The van der Waals surface area contributed by atoms with Crippen LogP contribution in [0, 0.1) is 26.7 Å². The normalized spacial score (nSPS) is 13.5. The third-order valence-corrected chi connectivity index (χ3v) is 7.63. The van der Waals surface area contributed by atoms with Crippen LogP contribution in [-0.2, 0) is 14.3 Å². The second-order valence-corrected chi connectivity index (χ2v) is 12.5. The summed E-state index contributed by atoms with van der Waals surface area (Å²) < 4.78 is 5.54. The lowest BCUT2D eigenvalue weighted by atomic mass is 9.93. The van der Waals surface area contributed by atoms with E-state index in [-0.39, 0.29) is 17.7 Å². The van der Waals surface area contributed by atoms with E-state index in [1.807, 2.05) is 77.1 Å². The van der Waals surface area contributed by atoms with Gasteiger partial charge in [-0.2, -0.15) is 0 Å². The van der Waals surface area contributed by atoms with E-state index in [0.29, 0.717) is 18.7 Å².